The van der Waals surface area contributed by atoms with Crippen LogP contribution in [0, 0.1) is 18.3 Å². The zero-order chi connectivity index (χ0) is 20.1. The van der Waals surface area contributed by atoms with E-state index in [1.54, 1.807) is 31.2 Å². The molecule has 0 aliphatic heterocycles. The lowest BCUT2D eigenvalue weighted by Gasteiger charge is -2.33. The van der Waals surface area contributed by atoms with Crippen LogP contribution < -0.4 is 4.72 Å². The molecule has 1 aromatic heterocycles. The van der Waals surface area contributed by atoms with Gasteiger partial charge in [0.2, 0.25) is 0 Å². The van der Waals surface area contributed by atoms with Gasteiger partial charge in [-0.1, -0.05) is 39.0 Å². The molecule has 0 radical (unpaired) electrons. The Labute approximate surface area is 167 Å². The molecule has 4 rings (SSSR count). The fourth-order valence-corrected chi connectivity index (χ4v) is 5.45. The number of anilines is 1. The van der Waals surface area contributed by atoms with Crippen molar-refractivity contribution in [2.45, 2.75) is 51.9 Å². The smallest absolute Gasteiger partial charge is 0.262 e. The van der Waals surface area contributed by atoms with Crippen molar-refractivity contribution in [3.05, 3.63) is 59.4 Å². The maximum absolute atomic E-state index is 12.8. The fraction of sp³-hybridized carbons (Fsp3) is 0.391. The Hall–Kier alpha value is -2.27. The molecule has 0 fully saturated rings. The molecule has 0 amide bonds. The minimum Gasteiger partial charge on any atom is -0.461 e. The highest BCUT2D eigenvalue weighted by molar-refractivity contribution is 7.92. The summed E-state index contributed by atoms with van der Waals surface area (Å²) in [6.07, 6.45) is 3.04. The van der Waals surface area contributed by atoms with E-state index in [4.69, 9.17) is 4.42 Å². The van der Waals surface area contributed by atoms with Gasteiger partial charge >= 0.3 is 0 Å². The van der Waals surface area contributed by atoms with Gasteiger partial charge in [0.15, 0.2) is 0 Å². The van der Waals surface area contributed by atoms with Gasteiger partial charge in [0.05, 0.1) is 4.90 Å². The number of aryl methyl sites for hydroxylation is 2. The zero-order valence-electron chi connectivity index (χ0n) is 16.9. The van der Waals surface area contributed by atoms with Crippen molar-refractivity contribution in [2.24, 2.45) is 11.3 Å². The van der Waals surface area contributed by atoms with E-state index in [2.05, 4.69) is 25.5 Å². The van der Waals surface area contributed by atoms with E-state index in [0.717, 1.165) is 41.6 Å². The van der Waals surface area contributed by atoms with Crippen LogP contribution in [-0.4, -0.2) is 8.42 Å². The van der Waals surface area contributed by atoms with Gasteiger partial charge in [0.25, 0.3) is 10.0 Å². The van der Waals surface area contributed by atoms with Crippen LogP contribution in [0.2, 0.25) is 0 Å². The van der Waals surface area contributed by atoms with Crippen molar-refractivity contribution in [2.75, 3.05) is 4.72 Å². The van der Waals surface area contributed by atoms with Crippen LogP contribution >= 0.6 is 0 Å². The summed E-state index contributed by atoms with van der Waals surface area (Å²) in [5.41, 5.74) is 3.60. The molecule has 1 atom stereocenters. The summed E-state index contributed by atoms with van der Waals surface area (Å²) in [6, 6.07) is 12.6. The van der Waals surface area contributed by atoms with Gasteiger partial charge in [-0.25, -0.2) is 8.42 Å². The zero-order valence-corrected chi connectivity index (χ0v) is 17.7. The summed E-state index contributed by atoms with van der Waals surface area (Å²) in [6.45, 7) is 8.66. The van der Waals surface area contributed by atoms with E-state index in [-0.39, 0.29) is 5.41 Å². The van der Waals surface area contributed by atoms with Crippen molar-refractivity contribution in [3.63, 3.8) is 0 Å². The van der Waals surface area contributed by atoms with E-state index < -0.39 is 10.0 Å². The first-order valence-electron chi connectivity index (χ1n) is 9.78. The van der Waals surface area contributed by atoms with Crippen LogP contribution in [0.15, 0.2) is 51.8 Å². The van der Waals surface area contributed by atoms with Gasteiger partial charge < -0.3 is 4.42 Å². The molecule has 0 spiro atoms. The standard InChI is InChI=1S/C23H27NO3S/c1-15-7-5-6-8-22(15)28(25,26)24-17-10-12-21-19(14-17)18-13-16(23(2,3)4)9-11-20(18)27-21/h5-8,10,12,14,16,24H,9,11,13H2,1-4H3/t16-/m0/s1. The number of benzene rings is 2. The van der Waals surface area contributed by atoms with Crippen LogP contribution in [0.25, 0.3) is 11.0 Å². The largest absolute Gasteiger partial charge is 0.461 e. The molecule has 1 N–H and O–H groups in total. The highest BCUT2D eigenvalue weighted by Gasteiger charge is 2.31. The maximum atomic E-state index is 12.8. The fourth-order valence-electron chi connectivity index (χ4n) is 4.15. The van der Waals surface area contributed by atoms with Gasteiger partial charge in [-0.15, -0.1) is 0 Å². The van der Waals surface area contributed by atoms with Gasteiger partial charge in [-0.3, -0.25) is 4.72 Å². The third kappa shape index (κ3) is 3.44. The number of furan rings is 1. The van der Waals surface area contributed by atoms with Crippen molar-refractivity contribution >= 4 is 26.7 Å². The lowest BCUT2D eigenvalue weighted by atomic mass is 9.71. The van der Waals surface area contributed by atoms with Crippen LogP contribution in [0.1, 0.15) is 44.1 Å². The Morgan fingerprint density at radius 1 is 1.11 bits per heavy atom. The third-order valence-electron chi connectivity index (χ3n) is 5.90. The van der Waals surface area contributed by atoms with Gasteiger partial charge in [0.1, 0.15) is 11.3 Å². The minimum absolute atomic E-state index is 0.241. The monoisotopic (exact) mass is 397 g/mol. The summed E-state index contributed by atoms with van der Waals surface area (Å²) in [4.78, 5) is 0.303. The highest BCUT2D eigenvalue weighted by atomic mass is 32.2. The van der Waals surface area contributed by atoms with E-state index in [1.807, 2.05) is 18.2 Å². The molecule has 3 aromatic rings. The first-order chi connectivity index (χ1) is 13.1. The van der Waals surface area contributed by atoms with Crippen LogP contribution in [0.3, 0.4) is 0 Å². The highest BCUT2D eigenvalue weighted by Crippen LogP contribution is 2.41. The first kappa shape index (κ1) is 19.1. The Morgan fingerprint density at radius 3 is 2.57 bits per heavy atom. The summed E-state index contributed by atoms with van der Waals surface area (Å²) < 4.78 is 34.5. The molecule has 1 aliphatic carbocycles. The lowest BCUT2D eigenvalue weighted by Crippen LogP contribution is -2.26. The quantitative estimate of drug-likeness (QED) is 0.617. The molecular formula is C23H27NO3S. The van der Waals surface area contributed by atoms with E-state index >= 15 is 0 Å². The van der Waals surface area contributed by atoms with E-state index in [1.165, 1.54) is 5.56 Å². The Kier molecular flexibility index (Phi) is 4.53. The average Bonchev–Trinajstić information content (AvgIpc) is 2.98. The molecule has 5 heteroatoms. The molecule has 0 unspecified atom stereocenters. The number of hydrogen-bond acceptors (Lipinski definition) is 3. The van der Waals surface area contributed by atoms with Crippen LogP contribution in [0.4, 0.5) is 5.69 Å². The predicted octanol–water partition coefficient (Wildman–Crippen LogP) is 5.69. The Bertz CT molecular complexity index is 1140. The normalized spacial score (nSPS) is 17.5. The number of sulfonamides is 1. The van der Waals surface area contributed by atoms with E-state index in [0.29, 0.717) is 16.5 Å². The number of nitrogens with one attached hydrogen (secondary N) is 1. The second kappa shape index (κ2) is 6.66. The molecule has 0 bridgehead atoms. The number of rotatable bonds is 3. The van der Waals surface area contributed by atoms with Gasteiger partial charge in [-0.2, -0.15) is 0 Å². The molecular weight excluding hydrogens is 370 g/mol. The lowest BCUT2D eigenvalue weighted by molar-refractivity contribution is 0.210. The van der Waals surface area contributed by atoms with Crippen molar-refractivity contribution in [1.29, 1.82) is 0 Å². The second-order valence-electron chi connectivity index (χ2n) is 8.89. The summed E-state index contributed by atoms with van der Waals surface area (Å²) in [5.74, 6) is 1.64. The summed E-state index contributed by atoms with van der Waals surface area (Å²) in [7, 11) is -3.63. The topological polar surface area (TPSA) is 59.3 Å². The summed E-state index contributed by atoms with van der Waals surface area (Å²) >= 11 is 0. The SMILES string of the molecule is Cc1ccccc1S(=O)(=O)Nc1ccc2oc3c(c2c1)C[C@@H](C(C)(C)C)CC3. The molecule has 1 heterocycles. The third-order valence-corrected chi connectivity index (χ3v) is 7.45. The molecule has 28 heavy (non-hydrogen) atoms. The minimum atomic E-state index is -3.63. The Balaban J connectivity index is 1.70. The van der Waals surface area contributed by atoms with Crippen LogP contribution in [0.5, 0.6) is 0 Å². The predicted molar refractivity (Wildman–Crippen MR) is 113 cm³/mol. The number of hydrogen-bond donors (Lipinski definition) is 1. The molecule has 4 nitrogen and oxygen atoms in total. The van der Waals surface area contributed by atoms with Gasteiger partial charge in [-0.05, 0) is 60.9 Å². The molecule has 1 aliphatic rings. The van der Waals surface area contributed by atoms with Crippen molar-refractivity contribution in [3.8, 4) is 0 Å². The molecule has 2 aromatic carbocycles. The second-order valence-corrected chi connectivity index (χ2v) is 10.5. The Morgan fingerprint density at radius 2 is 1.86 bits per heavy atom. The van der Waals surface area contributed by atoms with Crippen molar-refractivity contribution < 1.29 is 12.8 Å². The maximum Gasteiger partial charge on any atom is 0.262 e. The van der Waals surface area contributed by atoms with Gasteiger partial charge in [0, 0.05) is 23.1 Å². The van der Waals surface area contributed by atoms with Crippen LogP contribution in [-0.2, 0) is 22.9 Å². The van der Waals surface area contributed by atoms with E-state index in [9.17, 15) is 8.42 Å². The number of fused-ring (bicyclic) bond motifs is 3. The molecule has 0 saturated heterocycles. The first-order valence-corrected chi connectivity index (χ1v) is 11.3. The van der Waals surface area contributed by atoms with Crippen molar-refractivity contribution in [1.82, 2.24) is 0 Å². The molecule has 0 saturated carbocycles. The molecule has 148 valence electrons. The average molecular weight is 398 g/mol. The summed E-state index contributed by atoms with van der Waals surface area (Å²) in [5, 5.41) is 1.02.